The number of fused-ring (bicyclic) bond motifs is 1. The summed E-state index contributed by atoms with van der Waals surface area (Å²) in [4.78, 5) is 12.7. The van der Waals surface area contributed by atoms with Crippen LogP contribution in [0.5, 0.6) is 0 Å². The Morgan fingerprint density at radius 3 is 2.77 bits per heavy atom. The van der Waals surface area contributed by atoms with Crippen molar-refractivity contribution in [1.29, 1.82) is 0 Å². The number of amides is 1. The highest BCUT2D eigenvalue weighted by Gasteiger charge is 2.70. The molecule has 1 saturated carbocycles. The Labute approximate surface area is 136 Å². The van der Waals surface area contributed by atoms with E-state index in [0.717, 1.165) is 25.0 Å². The molecule has 1 aliphatic heterocycles. The monoisotopic (exact) mass is 322 g/mol. The molecule has 3 atom stereocenters. The molecule has 3 unspecified atom stereocenters. The van der Waals surface area contributed by atoms with Crippen molar-refractivity contribution < 1.29 is 9.53 Å². The topological polar surface area (TPSA) is 64.3 Å². The van der Waals surface area contributed by atoms with Gasteiger partial charge in [0.1, 0.15) is 5.54 Å². The molecule has 5 heteroatoms. The lowest BCUT2D eigenvalue weighted by Gasteiger charge is -2.65. The molecule has 0 aromatic heterocycles. The second kappa shape index (κ2) is 5.52. The third kappa shape index (κ3) is 2.25. The van der Waals surface area contributed by atoms with Crippen molar-refractivity contribution in [3.63, 3.8) is 0 Å². The summed E-state index contributed by atoms with van der Waals surface area (Å²) >= 11 is 5.87. The predicted molar refractivity (Wildman–Crippen MR) is 86.5 cm³/mol. The van der Waals surface area contributed by atoms with Crippen molar-refractivity contribution in [2.45, 2.75) is 44.9 Å². The summed E-state index contributed by atoms with van der Waals surface area (Å²) in [7, 11) is 0. The van der Waals surface area contributed by atoms with Gasteiger partial charge in [0.15, 0.2) is 0 Å². The van der Waals surface area contributed by atoms with Crippen LogP contribution in [-0.2, 0) is 16.1 Å². The third-order valence-electron chi connectivity index (χ3n) is 5.43. The van der Waals surface area contributed by atoms with E-state index in [1.54, 1.807) is 0 Å². The van der Waals surface area contributed by atoms with E-state index in [4.69, 9.17) is 22.1 Å². The molecule has 22 heavy (non-hydrogen) atoms. The van der Waals surface area contributed by atoms with Gasteiger partial charge in [-0.25, -0.2) is 0 Å². The molecule has 1 heterocycles. The average molecular weight is 323 g/mol. The number of carbonyl (C=O) groups is 1. The van der Waals surface area contributed by atoms with E-state index < -0.39 is 5.54 Å². The molecule has 1 aromatic carbocycles. The summed E-state index contributed by atoms with van der Waals surface area (Å²) in [6, 6.07) is 7.45. The minimum Gasteiger partial charge on any atom is -0.377 e. The van der Waals surface area contributed by atoms with Gasteiger partial charge in [-0.15, -0.1) is 0 Å². The van der Waals surface area contributed by atoms with Crippen molar-refractivity contribution in [2.75, 3.05) is 6.61 Å². The van der Waals surface area contributed by atoms with Crippen molar-refractivity contribution in [2.24, 2.45) is 17.1 Å². The Kier molecular flexibility index (Phi) is 3.96. The van der Waals surface area contributed by atoms with E-state index in [1.165, 1.54) is 0 Å². The smallest absolute Gasteiger partial charge is 0.241 e. The first kappa shape index (κ1) is 15.8. The maximum atomic E-state index is 12.7. The number of hydrogen-bond acceptors (Lipinski definition) is 3. The Hall–Kier alpha value is -1.10. The Balaban J connectivity index is 1.69. The SMILES string of the molecule is CC1(C)C2OCCCC2C1(N)C(=O)NCc1ccc(Cl)cc1. The van der Waals surface area contributed by atoms with Crippen LogP contribution in [0.1, 0.15) is 32.3 Å². The maximum absolute atomic E-state index is 12.7. The van der Waals surface area contributed by atoms with Crippen molar-refractivity contribution in [3.05, 3.63) is 34.9 Å². The maximum Gasteiger partial charge on any atom is 0.241 e. The first-order valence-corrected chi connectivity index (χ1v) is 8.18. The summed E-state index contributed by atoms with van der Waals surface area (Å²) in [5, 5.41) is 3.67. The minimum atomic E-state index is -0.857. The average Bonchev–Trinajstić information content (AvgIpc) is 2.53. The van der Waals surface area contributed by atoms with E-state index in [0.29, 0.717) is 11.6 Å². The van der Waals surface area contributed by atoms with Gasteiger partial charge in [0, 0.05) is 29.5 Å². The molecule has 1 saturated heterocycles. The molecule has 0 radical (unpaired) electrons. The lowest BCUT2D eigenvalue weighted by atomic mass is 9.46. The van der Waals surface area contributed by atoms with Crippen LogP contribution in [0.4, 0.5) is 0 Å². The number of halogens is 1. The molecule has 1 aliphatic carbocycles. The molecule has 3 rings (SSSR count). The van der Waals surface area contributed by atoms with Gasteiger partial charge >= 0.3 is 0 Å². The van der Waals surface area contributed by atoms with Gasteiger partial charge in [0.2, 0.25) is 5.91 Å². The fraction of sp³-hybridized carbons (Fsp3) is 0.588. The fourth-order valence-electron chi connectivity index (χ4n) is 3.97. The van der Waals surface area contributed by atoms with E-state index in [-0.39, 0.29) is 23.3 Å². The second-order valence-corrected chi connectivity index (χ2v) is 7.38. The fourth-order valence-corrected chi connectivity index (χ4v) is 4.09. The number of benzene rings is 1. The summed E-state index contributed by atoms with van der Waals surface area (Å²) in [5.41, 5.74) is 6.36. The van der Waals surface area contributed by atoms with Crippen molar-refractivity contribution in [1.82, 2.24) is 5.32 Å². The molecule has 0 bridgehead atoms. The summed E-state index contributed by atoms with van der Waals surface area (Å²) < 4.78 is 5.84. The van der Waals surface area contributed by atoms with Crippen LogP contribution in [0.25, 0.3) is 0 Å². The van der Waals surface area contributed by atoms with Crippen LogP contribution in [0.2, 0.25) is 5.02 Å². The number of hydrogen-bond donors (Lipinski definition) is 2. The Morgan fingerprint density at radius 2 is 2.09 bits per heavy atom. The van der Waals surface area contributed by atoms with Crippen LogP contribution in [0.3, 0.4) is 0 Å². The molecule has 2 fully saturated rings. The van der Waals surface area contributed by atoms with Gasteiger partial charge in [-0.3, -0.25) is 4.79 Å². The third-order valence-corrected chi connectivity index (χ3v) is 5.68. The standard InChI is InChI=1S/C17H23ClN2O2/c1-16(2)14-13(4-3-9-22-14)17(16,19)15(21)20-10-11-5-7-12(18)8-6-11/h5-8,13-14H,3-4,9-10,19H2,1-2H3,(H,20,21). The normalized spacial score (nSPS) is 32.7. The second-order valence-electron chi connectivity index (χ2n) is 6.94. The zero-order valence-electron chi connectivity index (χ0n) is 13.1. The highest BCUT2D eigenvalue weighted by atomic mass is 35.5. The molecule has 4 nitrogen and oxygen atoms in total. The van der Waals surface area contributed by atoms with E-state index in [9.17, 15) is 4.79 Å². The Bertz CT molecular complexity index is 573. The highest BCUT2D eigenvalue weighted by molar-refractivity contribution is 6.30. The molecule has 2 aliphatic rings. The van der Waals surface area contributed by atoms with E-state index >= 15 is 0 Å². The van der Waals surface area contributed by atoms with Crippen LogP contribution in [-0.4, -0.2) is 24.2 Å². The van der Waals surface area contributed by atoms with Gasteiger partial charge in [-0.1, -0.05) is 37.6 Å². The molecule has 1 aromatic rings. The number of rotatable bonds is 3. The van der Waals surface area contributed by atoms with Gasteiger partial charge in [0.25, 0.3) is 0 Å². The number of ether oxygens (including phenoxy) is 1. The summed E-state index contributed by atoms with van der Waals surface area (Å²) in [6.07, 6.45) is 2.02. The van der Waals surface area contributed by atoms with Crippen molar-refractivity contribution in [3.8, 4) is 0 Å². The summed E-state index contributed by atoms with van der Waals surface area (Å²) in [6.45, 7) is 5.29. The van der Waals surface area contributed by atoms with Gasteiger partial charge in [-0.2, -0.15) is 0 Å². The van der Waals surface area contributed by atoms with E-state index in [2.05, 4.69) is 5.32 Å². The quantitative estimate of drug-likeness (QED) is 0.898. The molecule has 1 amide bonds. The zero-order chi connectivity index (χ0) is 16.0. The highest BCUT2D eigenvalue weighted by Crippen LogP contribution is 2.57. The zero-order valence-corrected chi connectivity index (χ0v) is 13.8. The van der Waals surface area contributed by atoms with Gasteiger partial charge in [-0.05, 0) is 30.5 Å². The largest absolute Gasteiger partial charge is 0.377 e. The predicted octanol–water partition coefficient (Wildman–Crippen LogP) is 2.49. The Morgan fingerprint density at radius 1 is 1.41 bits per heavy atom. The molecule has 0 spiro atoms. The first-order chi connectivity index (χ1) is 10.4. The van der Waals surface area contributed by atoms with Crippen LogP contribution < -0.4 is 11.1 Å². The van der Waals surface area contributed by atoms with Crippen LogP contribution >= 0.6 is 11.6 Å². The first-order valence-electron chi connectivity index (χ1n) is 7.80. The van der Waals surface area contributed by atoms with Gasteiger partial charge in [0.05, 0.1) is 6.10 Å². The number of nitrogens with one attached hydrogen (secondary N) is 1. The lowest BCUT2D eigenvalue weighted by Crippen LogP contribution is -2.82. The summed E-state index contributed by atoms with van der Waals surface area (Å²) in [5.74, 6) is 0.0284. The molecular weight excluding hydrogens is 300 g/mol. The van der Waals surface area contributed by atoms with Crippen LogP contribution in [0, 0.1) is 11.3 Å². The van der Waals surface area contributed by atoms with Gasteiger partial charge < -0.3 is 15.8 Å². The van der Waals surface area contributed by atoms with E-state index in [1.807, 2.05) is 38.1 Å². The molecule has 3 N–H and O–H groups in total. The van der Waals surface area contributed by atoms with Crippen LogP contribution in [0.15, 0.2) is 24.3 Å². The number of nitrogens with two attached hydrogens (primary N) is 1. The molecular formula is C17H23ClN2O2. The lowest BCUT2D eigenvalue weighted by molar-refractivity contribution is -0.225. The minimum absolute atomic E-state index is 0.0841. The number of carbonyl (C=O) groups excluding carboxylic acids is 1. The van der Waals surface area contributed by atoms with Crippen molar-refractivity contribution >= 4 is 17.5 Å². The molecule has 120 valence electrons.